The van der Waals surface area contributed by atoms with E-state index in [2.05, 4.69) is 17.4 Å². The maximum absolute atomic E-state index is 12.4. The van der Waals surface area contributed by atoms with Crippen LogP contribution < -0.4 is 11.1 Å². The molecule has 1 saturated carbocycles. The molecule has 0 aliphatic heterocycles. The molecule has 4 rings (SSSR count). The normalized spacial score (nSPS) is 19.7. The molecule has 3 aromatic rings. The van der Waals surface area contributed by atoms with Crippen molar-refractivity contribution in [3.63, 3.8) is 0 Å². The first-order valence-corrected chi connectivity index (χ1v) is 7.59. The Kier molecular flexibility index (Phi) is 3.08. The molecule has 0 bridgehead atoms. The summed E-state index contributed by atoms with van der Waals surface area (Å²) < 4.78 is 6.58. The molecule has 1 fully saturated rings. The highest BCUT2D eigenvalue weighted by Gasteiger charge is 2.43. The summed E-state index contributed by atoms with van der Waals surface area (Å²) in [4.78, 5) is 23.9. The smallest absolute Gasteiger partial charge is 0.408 e. The number of aromatic nitrogens is 1. The molecule has 0 spiro atoms. The predicted molar refractivity (Wildman–Crippen MR) is 87.4 cm³/mol. The molecule has 0 unspecified atom stereocenters. The molecular weight excluding hydrogens is 292 g/mol. The van der Waals surface area contributed by atoms with Crippen LogP contribution in [0.3, 0.4) is 0 Å². The predicted octanol–water partition coefficient (Wildman–Crippen LogP) is 2.87. The fraction of sp³-hybridized carbons (Fsp3) is 0.222. The number of hydrogen-bond donors (Lipinski definition) is 1. The number of fused-ring (bicyclic) bond motifs is 1. The minimum Gasteiger partial charge on any atom is -0.408 e. The number of aryl methyl sites for hydroxylation is 1. The molecule has 1 aromatic heterocycles. The van der Waals surface area contributed by atoms with E-state index in [1.165, 1.54) is 10.1 Å². The van der Waals surface area contributed by atoms with Crippen molar-refractivity contribution in [2.24, 2.45) is 13.0 Å². The van der Waals surface area contributed by atoms with Crippen molar-refractivity contribution >= 4 is 22.7 Å². The minimum absolute atomic E-state index is 0.0101. The first-order chi connectivity index (χ1) is 11.1. The number of anilines is 1. The quantitative estimate of drug-likeness (QED) is 0.809. The van der Waals surface area contributed by atoms with E-state index in [1.54, 1.807) is 25.2 Å². The van der Waals surface area contributed by atoms with Gasteiger partial charge in [0.15, 0.2) is 5.58 Å². The van der Waals surface area contributed by atoms with E-state index in [0.717, 1.165) is 6.42 Å². The van der Waals surface area contributed by atoms with Crippen LogP contribution in [0.5, 0.6) is 0 Å². The van der Waals surface area contributed by atoms with Gasteiger partial charge in [0.1, 0.15) is 0 Å². The van der Waals surface area contributed by atoms with Crippen molar-refractivity contribution in [1.29, 1.82) is 0 Å². The Morgan fingerprint density at radius 1 is 1.22 bits per heavy atom. The van der Waals surface area contributed by atoms with Crippen LogP contribution in [0.2, 0.25) is 0 Å². The molecule has 1 heterocycles. The molecule has 5 nitrogen and oxygen atoms in total. The third kappa shape index (κ3) is 2.44. The summed E-state index contributed by atoms with van der Waals surface area (Å²) in [6, 6.07) is 15.3. The minimum atomic E-state index is -0.408. The molecule has 2 aromatic carbocycles. The standard InChI is InChI=1S/C18H16N2O3/c1-20-15-8-7-12(9-16(15)23-18(20)22)19-17(21)14-10-13(14)11-5-3-2-4-6-11/h2-9,13-14H,10H2,1H3,(H,19,21)/t13-,14-/m0/s1. The fourth-order valence-corrected chi connectivity index (χ4v) is 3.00. The summed E-state index contributed by atoms with van der Waals surface area (Å²) in [5.41, 5.74) is 3.04. The second-order valence-corrected chi connectivity index (χ2v) is 5.96. The zero-order valence-electron chi connectivity index (χ0n) is 12.7. The summed E-state index contributed by atoms with van der Waals surface area (Å²) in [6.07, 6.45) is 0.874. The van der Waals surface area contributed by atoms with Gasteiger partial charge in [0.25, 0.3) is 0 Å². The third-order valence-corrected chi connectivity index (χ3v) is 4.41. The maximum Gasteiger partial charge on any atom is 0.419 e. The SMILES string of the molecule is Cn1c(=O)oc2cc(NC(=O)[C@H]3C[C@H]3c3ccccc3)ccc21. The van der Waals surface area contributed by atoms with Gasteiger partial charge in [-0.3, -0.25) is 9.36 Å². The first kappa shape index (κ1) is 13.8. The number of nitrogens with zero attached hydrogens (tertiary/aromatic N) is 1. The Morgan fingerprint density at radius 2 is 2.00 bits per heavy atom. The van der Waals surface area contributed by atoms with Gasteiger partial charge in [-0.05, 0) is 30.0 Å². The maximum atomic E-state index is 12.4. The lowest BCUT2D eigenvalue weighted by Crippen LogP contribution is -2.14. The molecule has 5 heteroatoms. The van der Waals surface area contributed by atoms with E-state index in [4.69, 9.17) is 4.42 Å². The molecule has 0 saturated heterocycles. The van der Waals surface area contributed by atoms with Crippen molar-refractivity contribution in [3.8, 4) is 0 Å². The first-order valence-electron chi connectivity index (χ1n) is 7.59. The lowest BCUT2D eigenvalue weighted by Gasteiger charge is -2.05. The number of hydrogen-bond acceptors (Lipinski definition) is 3. The largest absolute Gasteiger partial charge is 0.419 e. The number of nitrogens with one attached hydrogen (secondary N) is 1. The highest BCUT2D eigenvalue weighted by atomic mass is 16.4. The van der Waals surface area contributed by atoms with E-state index in [-0.39, 0.29) is 11.8 Å². The molecule has 1 aliphatic carbocycles. The lowest BCUT2D eigenvalue weighted by molar-refractivity contribution is -0.117. The number of carbonyl (C=O) groups excluding carboxylic acids is 1. The van der Waals surface area contributed by atoms with Crippen molar-refractivity contribution in [2.75, 3.05) is 5.32 Å². The van der Waals surface area contributed by atoms with Gasteiger partial charge in [-0.25, -0.2) is 4.79 Å². The molecule has 23 heavy (non-hydrogen) atoms. The number of carbonyl (C=O) groups is 1. The topological polar surface area (TPSA) is 64.2 Å². The molecule has 2 atom stereocenters. The van der Waals surface area contributed by atoms with Crippen molar-refractivity contribution in [3.05, 3.63) is 64.6 Å². The van der Waals surface area contributed by atoms with Gasteiger partial charge in [-0.2, -0.15) is 0 Å². The Balaban J connectivity index is 1.50. The molecule has 1 N–H and O–H groups in total. The van der Waals surface area contributed by atoms with Crippen LogP contribution in [0.25, 0.3) is 11.1 Å². The Labute approximate surface area is 132 Å². The van der Waals surface area contributed by atoms with E-state index in [1.807, 2.05) is 18.2 Å². The molecule has 116 valence electrons. The van der Waals surface area contributed by atoms with E-state index in [9.17, 15) is 9.59 Å². The van der Waals surface area contributed by atoms with Crippen molar-refractivity contribution < 1.29 is 9.21 Å². The van der Waals surface area contributed by atoms with E-state index >= 15 is 0 Å². The fourth-order valence-electron chi connectivity index (χ4n) is 3.00. The van der Waals surface area contributed by atoms with E-state index < -0.39 is 5.76 Å². The second-order valence-electron chi connectivity index (χ2n) is 5.96. The summed E-state index contributed by atoms with van der Waals surface area (Å²) in [5, 5.41) is 2.91. The zero-order valence-corrected chi connectivity index (χ0v) is 12.7. The van der Waals surface area contributed by atoms with Gasteiger partial charge in [0.05, 0.1) is 5.52 Å². The second kappa shape index (κ2) is 5.12. The van der Waals surface area contributed by atoms with Crippen molar-refractivity contribution in [2.45, 2.75) is 12.3 Å². The molecule has 1 aliphatic rings. The third-order valence-electron chi connectivity index (χ3n) is 4.41. The average molecular weight is 308 g/mol. The van der Waals surface area contributed by atoms with Gasteiger partial charge in [-0.1, -0.05) is 30.3 Å². The highest BCUT2D eigenvalue weighted by Crippen LogP contribution is 2.47. The number of rotatable bonds is 3. The van der Waals surface area contributed by atoms with Crippen LogP contribution in [0.1, 0.15) is 17.9 Å². The van der Waals surface area contributed by atoms with Crippen LogP contribution in [0.4, 0.5) is 5.69 Å². The van der Waals surface area contributed by atoms with Crippen LogP contribution >= 0.6 is 0 Å². The van der Waals surface area contributed by atoms with Crippen LogP contribution in [0.15, 0.2) is 57.7 Å². The van der Waals surface area contributed by atoms with Crippen molar-refractivity contribution in [1.82, 2.24) is 4.57 Å². The number of oxazole rings is 1. The van der Waals surface area contributed by atoms with E-state index in [0.29, 0.717) is 22.7 Å². The zero-order chi connectivity index (χ0) is 16.0. The van der Waals surface area contributed by atoms with Gasteiger partial charge in [0.2, 0.25) is 5.91 Å². The van der Waals surface area contributed by atoms with Crippen LogP contribution in [0, 0.1) is 5.92 Å². The van der Waals surface area contributed by atoms with Crippen LogP contribution in [-0.2, 0) is 11.8 Å². The monoisotopic (exact) mass is 308 g/mol. The highest BCUT2D eigenvalue weighted by molar-refractivity contribution is 5.96. The van der Waals surface area contributed by atoms with Gasteiger partial charge < -0.3 is 9.73 Å². The van der Waals surface area contributed by atoms with Gasteiger partial charge >= 0.3 is 5.76 Å². The Morgan fingerprint density at radius 3 is 2.78 bits per heavy atom. The number of amides is 1. The molecule has 1 amide bonds. The summed E-state index contributed by atoms with van der Waals surface area (Å²) >= 11 is 0. The summed E-state index contributed by atoms with van der Waals surface area (Å²) in [5.74, 6) is -0.0863. The van der Waals surface area contributed by atoms with Gasteiger partial charge in [0, 0.05) is 24.7 Å². The van der Waals surface area contributed by atoms with Gasteiger partial charge in [-0.15, -0.1) is 0 Å². The lowest BCUT2D eigenvalue weighted by atomic mass is 10.1. The summed E-state index contributed by atoms with van der Waals surface area (Å²) in [6.45, 7) is 0. The Hall–Kier alpha value is -2.82. The average Bonchev–Trinajstić information content (AvgIpc) is 3.31. The molecular formula is C18H16N2O3. The summed E-state index contributed by atoms with van der Waals surface area (Å²) in [7, 11) is 1.65. The van der Waals surface area contributed by atoms with Crippen LogP contribution in [-0.4, -0.2) is 10.5 Å². The molecule has 0 radical (unpaired) electrons. The number of benzene rings is 2. The Bertz CT molecular complexity index is 940.